The molecule has 0 saturated heterocycles. The molecule has 1 aliphatic heterocycles. The maximum absolute atomic E-state index is 13.5. The predicted octanol–water partition coefficient (Wildman–Crippen LogP) is 3.96. The fourth-order valence-corrected chi connectivity index (χ4v) is 5.25. The summed E-state index contributed by atoms with van der Waals surface area (Å²) in [6.45, 7) is 3.63. The van der Waals surface area contributed by atoms with E-state index in [9.17, 15) is 22.4 Å². The third-order valence-corrected chi connectivity index (χ3v) is 6.99. The molecule has 3 aromatic rings. The zero-order valence-electron chi connectivity index (χ0n) is 17.5. The number of carbonyl (C=O) groups excluding carboxylic acids is 2. The van der Waals surface area contributed by atoms with Gasteiger partial charge in [0, 0.05) is 11.6 Å². The number of nitrogens with one attached hydrogen (secondary N) is 1. The van der Waals surface area contributed by atoms with Crippen molar-refractivity contribution >= 4 is 27.3 Å². The summed E-state index contributed by atoms with van der Waals surface area (Å²) >= 11 is 0. The van der Waals surface area contributed by atoms with Crippen LogP contribution in [0.25, 0.3) is 0 Å². The highest BCUT2D eigenvalue weighted by molar-refractivity contribution is 7.91. The molecular formula is C24H21FN2O4S. The van der Waals surface area contributed by atoms with Gasteiger partial charge in [0.2, 0.25) is 9.84 Å². The zero-order chi connectivity index (χ0) is 23.0. The summed E-state index contributed by atoms with van der Waals surface area (Å²) in [7, 11) is -4.02. The van der Waals surface area contributed by atoms with Crippen LogP contribution in [0.3, 0.4) is 0 Å². The van der Waals surface area contributed by atoms with E-state index in [-0.39, 0.29) is 45.1 Å². The second-order valence-electron chi connectivity index (χ2n) is 7.83. The van der Waals surface area contributed by atoms with Gasteiger partial charge in [-0.2, -0.15) is 0 Å². The largest absolute Gasteiger partial charge is 0.350 e. The molecule has 0 aromatic heterocycles. The topological polar surface area (TPSA) is 83.6 Å². The smallest absolute Gasteiger partial charge is 0.259 e. The van der Waals surface area contributed by atoms with Crippen molar-refractivity contribution < 1.29 is 22.4 Å². The molecule has 0 atom stereocenters. The molecule has 164 valence electrons. The van der Waals surface area contributed by atoms with E-state index < -0.39 is 21.6 Å². The Balaban J connectivity index is 1.92. The fraction of sp³-hybridized carbons (Fsp3) is 0.167. The summed E-state index contributed by atoms with van der Waals surface area (Å²) in [6, 6.07) is 15.7. The van der Waals surface area contributed by atoms with Gasteiger partial charge in [-0.15, -0.1) is 0 Å². The first-order valence-corrected chi connectivity index (χ1v) is 11.5. The molecule has 0 unspecified atom stereocenters. The third-order valence-electron chi connectivity index (χ3n) is 5.13. The molecule has 0 fully saturated rings. The molecule has 0 radical (unpaired) electrons. The van der Waals surface area contributed by atoms with Crippen molar-refractivity contribution in [2.75, 3.05) is 4.90 Å². The van der Waals surface area contributed by atoms with Crippen molar-refractivity contribution in [3.63, 3.8) is 0 Å². The van der Waals surface area contributed by atoms with E-state index in [2.05, 4.69) is 5.32 Å². The third kappa shape index (κ3) is 3.89. The standard InChI is InChI=1S/C24H21FN2O4S/c1-15(2)26-23(28)17-9-12-22-20(13-17)27(14-16-7-10-18(25)11-8-16)24(29)19-5-3-4-6-21(19)32(22,30)31/h3-13,15H,14H2,1-2H3,(H,26,28). The van der Waals surface area contributed by atoms with Crippen LogP contribution in [0.1, 0.15) is 40.1 Å². The van der Waals surface area contributed by atoms with Gasteiger partial charge in [0.15, 0.2) is 0 Å². The average Bonchev–Trinajstić information content (AvgIpc) is 2.83. The minimum atomic E-state index is -4.02. The van der Waals surface area contributed by atoms with Crippen molar-refractivity contribution in [1.29, 1.82) is 0 Å². The number of hydrogen-bond acceptors (Lipinski definition) is 4. The van der Waals surface area contributed by atoms with Crippen molar-refractivity contribution in [1.82, 2.24) is 5.32 Å². The van der Waals surface area contributed by atoms with Gasteiger partial charge in [-0.05, 0) is 61.9 Å². The van der Waals surface area contributed by atoms with Crippen LogP contribution in [0.15, 0.2) is 76.5 Å². The summed E-state index contributed by atoms with van der Waals surface area (Å²) < 4.78 is 40.3. The Morgan fingerprint density at radius 3 is 2.38 bits per heavy atom. The predicted molar refractivity (Wildman–Crippen MR) is 118 cm³/mol. The van der Waals surface area contributed by atoms with Crippen LogP contribution in [-0.4, -0.2) is 26.3 Å². The molecule has 32 heavy (non-hydrogen) atoms. The van der Waals surface area contributed by atoms with Crippen LogP contribution in [0, 0.1) is 5.82 Å². The van der Waals surface area contributed by atoms with E-state index in [0.29, 0.717) is 5.56 Å². The van der Waals surface area contributed by atoms with Crippen LogP contribution in [-0.2, 0) is 16.4 Å². The van der Waals surface area contributed by atoms with Crippen molar-refractivity contribution in [3.8, 4) is 0 Å². The Morgan fingerprint density at radius 2 is 1.69 bits per heavy atom. The number of fused-ring (bicyclic) bond motifs is 2. The lowest BCUT2D eigenvalue weighted by atomic mass is 10.1. The lowest BCUT2D eigenvalue weighted by Gasteiger charge is -2.23. The van der Waals surface area contributed by atoms with Gasteiger partial charge in [-0.3, -0.25) is 9.59 Å². The van der Waals surface area contributed by atoms with E-state index in [1.807, 2.05) is 13.8 Å². The highest BCUT2D eigenvalue weighted by Crippen LogP contribution is 2.38. The molecule has 0 saturated carbocycles. The van der Waals surface area contributed by atoms with Gasteiger partial charge in [0.05, 0.1) is 27.6 Å². The highest BCUT2D eigenvalue weighted by Gasteiger charge is 2.36. The maximum atomic E-state index is 13.5. The van der Waals surface area contributed by atoms with Crippen molar-refractivity contribution in [2.24, 2.45) is 0 Å². The normalized spacial score (nSPS) is 14.5. The number of sulfone groups is 1. The van der Waals surface area contributed by atoms with E-state index in [1.165, 1.54) is 59.5 Å². The monoisotopic (exact) mass is 452 g/mol. The average molecular weight is 453 g/mol. The SMILES string of the molecule is CC(C)NC(=O)c1ccc2c(c1)N(Cc1ccc(F)cc1)C(=O)c1ccccc1S2(=O)=O. The molecular weight excluding hydrogens is 431 g/mol. The summed E-state index contributed by atoms with van der Waals surface area (Å²) in [5, 5.41) is 2.77. The lowest BCUT2D eigenvalue weighted by molar-refractivity contribution is 0.0940. The van der Waals surface area contributed by atoms with Gasteiger partial charge in [-0.25, -0.2) is 12.8 Å². The number of halogens is 1. The van der Waals surface area contributed by atoms with Crippen LogP contribution in [0.4, 0.5) is 10.1 Å². The van der Waals surface area contributed by atoms with E-state index >= 15 is 0 Å². The number of carbonyl (C=O) groups is 2. The Morgan fingerprint density at radius 1 is 1.00 bits per heavy atom. The van der Waals surface area contributed by atoms with Gasteiger partial charge >= 0.3 is 0 Å². The maximum Gasteiger partial charge on any atom is 0.259 e. The van der Waals surface area contributed by atoms with Crippen molar-refractivity contribution in [3.05, 3.63) is 89.2 Å². The molecule has 0 spiro atoms. The highest BCUT2D eigenvalue weighted by atomic mass is 32.2. The molecule has 1 N–H and O–H groups in total. The molecule has 4 rings (SSSR count). The summed E-state index contributed by atoms with van der Waals surface area (Å²) in [5.74, 6) is -1.32. The fourth-order valence-electron chi connectivity index (χ4n) is 3.62. The number of amides is 2. The van der Waals surface area contributed by atoms with Gasteiger partial charge in [0.25, 0.3) is 11.8 Å². The molecule has 0 bridgehead atoms. The Labute approximate surface area is 185 Å². The molecule has 2 amide bonds. The first-order valence-electron chi connectivity index (χ1n) is 10.0. The molecule has 0 aliphatic carbocycles. The number of nitrogens with zero attached hydrogens (tertiary/aromatic N) is 1. The number of anilines is 1. The van der Waals surface area contributed by atoms with Crippen molar-refractivity contribution in [2.45, 2.75) is 36.2 Å². The summed E-state index contributed by atoms with van der Waals surface area (Å²) in [6.07, 6.45) is 0. The molecule has 1 heterocycles. The molecule has 6 nitrogen and oxygen atoms in total. The summed E-state index contributed by atoms with van der Waals surface area (Å²) in [4.78, 5) is 27.2. The van der Waals surface area contributed by atoms with Gasteiger partial charge in [-0.1, -0.05) is 24.3 Å². The minimum absolute atomic E-state index is 0.00518. The first kappa shape index (κ1) is 21.7. The van der Waals surface area contributed by atoms with Gasteiger partial charge < -0.3 is 10.2 Å². The van der Waals surface area contributed by atoms with Crippen LogP contribution in [0.2, 0.25) is 0 Å². The van der Waals surface area contributed by atoms with Gasteiger partial charge in [0.1, 0.15) is 5.82 Å². The van der Waals surface area contributed by atoms with E-state index in [4.69, 9.17) is 0 Å². The second kappa shape index (κ2) is 8.20. The van der Waals surface area contributed by atoms with Crippen LogP contribution >= 0.6 is 0 Å². The second-order valence-corrected chi connectivity index (χ2v) is 9.71. The Hall–Kier alpha value is -3.52. The first-order chi connectivity index (χ1) is 15.2. The quantitative estimate of drug-likeness (QED) is 0.650. The molecule has 1 aliphatic rings. The van der Waals surface area contributed by atoms with E-state index in [1.54, 1.807) is 12.1 Å². The Bertz CT molecular complexity index is 1320. The lowest BCUT2D eigenvalue weighted by Crippen LogP contribution is -2.32. The zero-order valence-corrected chi connectivity index (χ0v) is 18.3. The van der Waals surface area contributed by atoms with E-state index in [0.717, 1.165) is 0 Å². The Kier molecular flexibility index (Phi) is 5.56. The molecule has 3 aromatic carbocycles. The summed E-state index contributed by atoms with van der Waals surface area (Å²) in [5.41, 5.74) is 0.987. The number of hydrogen-bond donors (Lipinski definition) is 1. The van der Waals surface area contributed by atoms with Crippen LogP contribution < -0.4 is 10.2 Å². The van der Waals surface area contributed by atoms with Crippen LogP contribution in [0.5, 0.6) is 0 Å². The molecule has 8 heteroatoms. The number of rotatable bonds is 4. The minimum Gasteiger partial charge on any atom is -0.350 e. The number of benzene rings is 3.